The number of rotatable bonds is 6. The number of aromatic nitrogens is 2. The highest BCUT2D eigenvalue weighted by Gasteiger charge is 2.24. The van der Waals surface area contributed by atoms with Gasteiger partial charge >= 0.3 is 0 Å². The van der Waals surface area contributed by atoms with E-state index in [-0.39, 0.29) is 5.41 Å². The SMILES string of the molecule is CNc1nc(C(C)(C)C)nc(N(CCOC)C(C)C)c1C. The highest BCUT2D eigenvalue weighted by Crippen LogP contribution is 2.29. The van der Waals surface area contributed by atoms with Crippen molar-refractivity contribution in [1.82, 2.24) is 9.97 Å². The molecule has 1 N–H and O–H groups in total. The average molecular weight is 294 g/mol. The quantitative estimate of drug-likeness (QED) is 0.874. The molecule has 0 amide bonds. The monoisotopic (exact) mass is 294 g/mol. The molecule has 1 aromatic heterocycles. The molecule has 0 unspecified atom stereocenters. The Balaban J connectivity index is 3.36. The number of nitrogens with one attached hydrogen (secondary N) is 1. The molecule has 0 atom stereocenters. The van der Waals surface area contributed by atoms with Gasteiger partial charge < -0.3 is 15.0 Å². The predicted molar refractivity (Wildman–Crippen MR) is 89.4 cm³/mol. The molecular weight excluding hydrogens is 264 g/mol. The minimum Gasteiger partial charge on any atom is -0.383 e. The van der Waals surface area contributed by atoms with Gasteiger partial charge in [-0.15, -0.1) is 0 Å². The van der Waals surface area contributed by atoms with Crippen LogP contribution in [-0.4, -0.2) is 43.3 Å². The molecule has 0 saturated heterocycles. The maximum absolute atomic E-state index is 5.24. The molecule has 1 rings (SSSR count). The van der Waals surface area contributed by atoms with Crippen LogP contribution in [0.15, 0.2) is 0 Å². The smallest absolute Gasteiger partial charge is 0.138 e. The predicted octanol–water partition coefficient (Wildman–Crippen LogP) is 2.99. The zero-order valence-corrected chi connectivity index (χ0v) is 14.7. The fraction of sp³-hybridized carbons (Fsp3) is 0.750. The molecule has 0 radical (unpaired) electrons. The normalized spacial score (nSPS) is 11.9. The Kier molecular flexibility index (Phi) is 5.96. The third-order valence-corrected chi connectivity index (χ3v) is 3.46. The van der Waals surface area contributed by atoms with Gasteiger partial charge in [-0.3, -0.25) is 0 Å². The lowest BCUT2D eigenvalue weighted by atomic mass is 9.95. The van der Waals surface area contributed by atoms with Gasteiger partial charge in [0.2, 0.25) is 0 Å². The second-order valence-electron chi connectivity index (χ2n) is 6.62. The molecule has 0 fully saturated rings. The van der Waals surface area contributed by atoms with E-state index in [1.807, 2.05) is 7.05 Å². The first-order valence-electron chi connectivity index (χ1n) is 7.54. The molecule has 0 saturated carbocycles. The summed E-state index contributed by atoms with van der Waals surface area (Å²) in [5, 5.41) is 3.19. The van der Waals surface area contributed by atoms with Crippen LogP contribution in [0.1, 0.15) is 46.0 Å². The summed E-state index contributed by atoms with van der Waals surface area (Å²) in [7, 11) is 3.63. The van der Waals surface area contributed by atoms with Gasteiger partial charge in [-0.05, 0) is 20.8 Å². The average Bonchev–Trinajstić information content (AvgIpc) is 2.39. The van der Waals surface area contributed by atoms with Gasteiger partial charge in [-0.25, -0.2) is 9.97 Å². The molecule has 120 valence electrons. The summed E-state index contributed by atoms with van der Waals surface area (Å²) in [6.45, 7) is 14.3. The van der Waals surface area contributed by atoms with E-state index in [1.54, 1.807) is 7.11 Å². The van der Waals surface area contributed by atoms with Gasteiger partial charge in [-0.1, -0.05) is 20.8 Å². The van der Waals surface area contributed by atoms with E-state index in [4.69, 9.17) is 9.72 Å². The lowest BCUT2D eigenvalue weighted by molar-refractivity contribution is 0.203. The molecule has 0 aromatic carbocycles. The van der Waals surface area contributed by atoms with Crippen LogP contribution in [0.5, 0.6) is 0 Å². The second kappa shape index (κ2) is 7.07. The van der Waals surface area contributed by atoms with E-state index in [9.17, 15) is 0 Å². The Morgan fingerprint density at radius 3 is 2.29 bits per heavy atom. The number of hydrogen-bond donors (Lipinski definition) is 1. The molecule has 0 aliphatic heterocycles. The van der Waals surface area contributed by atoms with E-state index < -0.39 is 0 Å². The van der Waals surface area contributed by atoms with Crippen LogP contribution in [0.3, 0.4) is 0 Å². The summed E-state index contributed by atoms with van der Waals surface area (Å²) >= 11 is 0. The van der Waals surface area contributed by atoms with Gasteiger partial charge in [0, 0.05) is 37.7 Å². The number of anilines is 2. The van der Waals surface area contributed by atoms with Crippen molar-refractivity contribution in [1.29, 1.82) is 0 Å². The first-order chi connectivity index (χ1) is 9.72. The van der Waals surface area contributed by atoms with Gasteiger partial charge in [-0.2, -0.15) is 0 Å². The van der Waals surface area contributed by atoms with Gasteiger partial charge in [0.05, 0.1) is 6.61 Å². The van der Waals surface area contributed by atoms with Crippen molar-refractivity contribution in [3.63, 3.8) is 0 Å². The van der Waals surface area contributed by atoms with Crippen LogP contribution >= 0.6 is 0 Å². The van der Waals surface area contributed by atoms with Crippen LogP contribution in [-0.2, 0) is 10.2 Å². The lowest BCUT2D eigenvalue weighted by Crippen LogP contribution is -2.36. The maximum atomic E-state index is 5.24. The largest absolute Gasteiger partial charge is 0.383 e. The minimum absolute atomic E-state index is 0.0854. The highest BCUT2D eigenvalue weighted by atomic mass is 16.5. The third kappa shape index (κ3) is 4.30. The lowest BCUT2D eigenvalue weighted by Gasteiger charge is -2.31. The first kappa shape index (κ1) is 17.7. The Labute approximate surface area is 129 Å². The van der Waals surface area contributed by atoms with Crippen molar-refractivity contribution in [3.8, 4) is 0 Å². The number of hydrogen-bond acceptors (Lipinski definition) is 5. The molecule has 0 aliphatic carbocycles. The summed E-state index contributed by atoms with van der Waals surface area (Å²) < 4.78 is 5.24. The fourth-order valence-corrected chi connectivity index (χ4v) is 2.16. The van der Waals surface area contributed by atoms with Crippen molar-refractivity contribution in [2.75, 3.05) is 37.5 Å². The zero-order chi connectivity index (χ0) is 16.2. The van der Waals surface area contributed by atoms with Gasteiger partial charge in [0.1, 0.15) is 17.5 Å². The Morgan fingerprint density at radius 2 is 1.86 bits per heavy atom. The van der Waals surface area contributed by atoms with Crippen LogP contribution in [0.2, 0.25) is 0 Å². The summed E-state index contributed by atoms with van der Waals surface area (Å²) in [5.41, 5.74) is 0.994. The van der Waals surface area contributed by atoms with Crippen LogP contribution in [0.4, 0.5) is 11.6 Å². The topological polar surface area (TPSA) is 50.3 Å². The molecule has 5 heteroatoms. The van der Waals surface area contributed by atoms with Crippen LogP contribution in [0.25, 0.3) is 0 Å². The van der Waals surface area contributed by atoms with E-state index in [2.05, 4.69) is 56.7 Å². The van der Waals surface area contributed by atoms with Crippen molar-refractivity contribution in [2.24, 2.45) is 0 Å². The summed E-state index contributed by atoms with van der Waals surface area (Å²) in [5.74, 6) is 2.75. The number of nitrogens with zero attached hydrogens (tertiary/aromatic N) is 3. The standard InChI is InChI=1S/C16H30N4O/c1-11(2)20(9-10-21-8)14-12(3)13(17-7)18-15(19-14)16(4,5)6/h11H,9-10H2,1-8H3,(H,17,18,19). The van der Waals surface area contributed by atoms with E-state index in [1.165, 1.54) is 0 Å². The Bertz CT molecular complexity index is 466. The molecule has 0 bridgehead atoms. The number of methoxy groups -OCH3 is 1. The Morgan fingerprint density at radius 1 is 1.24 bits per heavy atom. The van der Waals surface area contributed by atoms with Crippen LogP contribution in [0, 0.1) is 6.92 Å². The maximum Gasteiger partial charge on any atom is 0.138 e. The van der Waals surface area contributed by atoms with Crippen molar-refractivity contribution < 1.29 is 4.74 Å². The molecule has 1 aromatic rings. The minimum atomic E-state index is -0.0854. The van der Waals surface area contributed by atoms with Crippen molar-refractivity contribution in [2.45, 2.75) is 53.0 Å². The fourth-order valence-electron chi connectivity index (χ4n) is 2.16. The third-order valence-electron chi connectivity index (χ3n) is 3.46. The summed E-state index contributed by atoms with van der Waals surface area (Å²) in [6, 6.07) is 0.353. The summed E-state index contributed by atoms with van der Waals surface area (Å²) in [4.78, 5) is 11.8. The second-order valence-corrected chi connectivity index (χ2v) is 6.62. The molecule has 0 aliphatic rings. The molecule has 21 heavy (non-hydrogen) atoms. The molecule has 0 spiro atoms. The van der Waals surface area contributed by atoms with Gasteiger partial charge in [0.25, 0.3) is 0 Å². The zero-order valence-electron chi connectivity index (χ0n) is 14.7. The van der Waals surface area contributed by atoms with E-state index in [0.717, 1.165) is 29.6 Å². The van der Waals surface area contributed by atoms with Crippen molar-refractivity contribution >= 4 is 11.6 Å². The van der Waals surface area contributed by atoms with Crippen LogP contribution < -0.4 is 10.2 Å². The van der Waals surface area contributed by atoms with E-state index in [0.29, 0.717) is 12.6 Å². The van der Waals surface area contributed by atoms with Gasteiger partial charge in [0.15, 0.2) is 0 Å². The van der Waals surface area contributed by atoms with Crippen molar-refractivity contribution in [3.05, 3.63) is 11.4 Å². The molecular formula is C16H30N4O. The number of ether oxygens (including phenoxy) is 1. The Hall–Kier alpha value is -1.36. The molecule has 1 heterocycles. The first-order valence-corrected chi connectivity index (χ1v) is 7.54. The highest BCUT2D eigenvalue weighted by molar-refractivity contribution is 5.59. The molecule has 5 nitrogen and oxygen atoms in total. The van der Waals surface area contributed by atoms with E-state index >= 15 is 0 Å². The summed E-state index contributed by atoms with van der Waals surface area (Å²) in [6.07, 6.45) is 0.